The molecule has 125 valence electrons. The molecule has 0 aromatic heterocycles. The summed E-state index contributed by atoms with van der Waals surface area (Å²) >= 11 is 0. The highest BCUT2D eigenvalue weighted by Crippen LogP contribution is 2.42. The highest BCUT2D eigenvalue weighted by molar-refractivity contribution is 5.66. The van der Waals surface area contributed by atoms with Crippen molar-refractivity contribution in [2.45, 2.75) is 75.2 Å². The molecule has 0 spiro atoms. The fourth-order valence-corrected chi connectivity index (χ4v) is 2.87. The zero-order valence-electron chi connectivity index (χ0n) is 16.4. The summed E-state index contributed by atoms with van der Waals surface area (Å²) in [6, 6.07) is 0. The molecule has 1 radical (unpaired) electrons. The number of hydrogen-bond acceptors (Lipinski definition) is 0. The van der Waals surface area contributed by atoms with Gasteiger partial charge in [0.2, 0.25) is 0 Å². The molecule has 2 atom stereocenters. The fraction of sp³-hybridized carbons (Fsp3) is 0.591. The van der Waals surface area contributed by atoms with Crippen LogP contribution >= 0.6 is 0 Å². The molecule has 0 saturated carbocycles. The average Bonchev–Trinajstić information content (AvgIpc) is 3.33. The molecule has 0 heterocycles. The first kappa shape index (κ1) is 21.0. The Hall–Kier alpha value is -1.04. The van der Waals surface area contributed by atoms with Gasteiger partial charge in [-0.3, -0.25) is 0 Å². The fourth-order valence-electron chi connectivity index (χ4n) is 2.87. The molecular formula is C22H37. The first-order valence-electron chi connectivity index (χ1n) is 9.35. The van der Waals surface area contributed by atoms with Gasteiger partial charge in [0.1, 0.15) is 0 Å². The lowest BCUT2D eigenvalue weighted by Gasteiger charge is -2.32. The normalized spacial score (nSPS) is 28.0. The van der Waals surface area contributed by atoms with Gasteiger partial charge in [-0.2, -0.15) is 0 Å². The van der Waals surface area contributed by atoms with Crippen LogP contribution in [0.2, 0.25) is 0 Å². The van der Waals surface area contributed by atoms with Crippen molar-refractivity contribution in [1.82, 2.24) is 0 Å². The van der Waals surface area contributed by atoms with Gasteiger partial charge in [0.25, 0.3) is 0 Å². The lowest BCUT2D eigenvalue weighted by Crippen LogP contribution is -2.19. The van der Waals surface area contributed by atoms with Gasteiger partial charge in [-0.05, 0) is 53.9 Å². The molecule has 0 aliphatic heterocycles. The van der Waals surface area contributed by atoms with Gasteiger partial charge in [-0.25, -0.2) is 0 Å². The van der Waals surface area contributed by atoms with Crippen molar-refractivity contribution in [2.24, 2.45) is 11.8 Å². The monoisotopic (exact) mass is 301 g/mol. The second-order valence-corrected chi connectivity index (χ2v) is 5.46. The molecule has 0 bridgehead atoms. The molecule has 0 aromatic carbocycles. The van der Waals surface area contributed by atoms with Crippen molar-refractivity contribution in [3.63, 3.8) is 0 Å². The second-order valence-electron chi connectivity index (χ2n) is 5.46. The van der Waals surface area contributed by atoms with E-state index < -0.39 is 0 Å². The third-order valence-electron chi connectivity index (χ3n) is 4.37. The van der Waals surface area contributed by atoms with Crippen molar-refractivity contribution in [2.75, 3.05) is 0 Å². The van der Waals surface area contributed by atoms with Crippen molar-refractivity contribution in [1.29, 1.82) is 0 Å². The van der Waals surface area contributed by atoms with Crippen LogP contribution in [0.3, 0.4) is 0 Å². The van der Waals surface area contributed by atoms with E-state index in [2.05, 4.69) is 45.4 Å². The Balaban J connectivity index is 0.000000661. The SMILES string of the molecule is CC.CC.CC.CC1=CC1=C1[CH]C2=C(C=C1)C(C)C(C)CC2. The molecular weight excluding hydrogens is 264 g/mol. The first-order valence-corrected chi connectivity index (χ1v) is 9.35. The van der Waals surface area contributed by atoms with Crippen LogP contribution in [-0.4, -0.2) is 0 Å². The molecule has 0 N–H and O–H groups in total. The van der Waals surface area contributed by atoms with Gasteiger partial charge in [-0.15, -0.1) is 0 Å². The second kappa shape index (κ2) is 10.6. The van der Waals surface area contributed by atoms with Gasteiger partial charge in [0, 0.05) is 6.42 Å². The van der Waals surface area contributed by atoms with E-state index >= 15 is 0 Å². The van der Waals surface area contributed by atoms with E-state index in [4.69, 9.17) is 0 Å². The van der Waals surface area contributed by atoms with Crippen molar-refractivity contribution in [3.8, 4) is 0 Å². The molecule has 0 saturated heterocycles. The number of allylic oxidation sites excluding steroid dienone is 8. The lowest BCUT2D eigenvalue weighted by atomic mass is 9.73. The Bertz CT molecular complexity index is 454. The number of rotatable bonds is 0. The van der Waals surface area contributed by atoms with Gasteiger partial charge in [0.15, 0.2) is 0 Å². The van der Waals surface area contributed by atoms with Crippen LogP contribution in [-0.2, 0) is 0 Å². The van der Waals surface area contributed by atoms with Crippen LogP contribution in [0.4, 0.5) is 0 Å². The minimum atomic E-state index is 0.732. The molecule has 3 rings (SSSR count). The predicted molar refractivity (Wildman–Crippen MR) is 103 cm³/mol. The Morgan fingerprint density at radius 3 is 1.95 bits per heavy atom. The van der Waals surface area contributed by atoms with Crippen molar-refractivity contribution >= 4 is 0 Å². The van der Waals surface area contributed by atoms with Crippen LogP contribution in [0.1, 0.15) is 75.2 Å². The maximum Gasteiger partial charge on any atom is 0.0167 e. The molecule has 3 aliphatic rings. The van der Waals surface area contributed by atoms with E-state index in [9.17, 15) is 0 Å². The van der Waals surface area contributed by atoms with Crippen LogP contribution in [0.5, 0.6) is 0 Å². The van der Waals surface area contributed by atoms with Gasteiger partial charge >= 0.3 is 0 Å². The summed E-state index contributed by atoms with van der Waals surface area (Å²) in [4.78, 5) is 0. The topological polar surface area (TPSA) is 0 Å². The van der Waals surface area contributed by atoms with Crippen LogP contribution in [0.25, 0.3) is 0 Å². The third kappa shape index (κ3) is 5.00. The maximum absolute atomic E-state index is 2.42. The molecule has 0 nitrogen and oxygen atoms in total. The van der Waals surface area contributed by atoms with Gasteiger partial charge < -0.3 is 0 Å². The first-order chi connectivity index (χ1) is 10.7. The van der Waals surface area contributed by atoms with Crippen LogP contribution < -0.4 is 0 Å². The van der Waals surface area contributed by atoms with Crippen LogP contribution in [0, 0.1) is 18.3 Å². The number of hydrogen-bond donors (Lipinski definition) is 0. The Labute approximate surface area is 140 Å². The highest BCUT2D eigenvalue weighted by atomic mass is 14.3. The zero-order valence-corrected chi connectivity index (χ0v) is 16.4. The smallest absolute Gasteiger partial charge is 0.0167 e. The Morgan fingerprint density at radius 2 is 1.45 bits per heavy atom. The standard InChI is InChI=1S/C16H19.3C2H6/c1-10-4-5-13-9-14(16-8-11(16)2)6-7-15(13)12(10)3;3*1-2/h6-10,12H,4-5H2,1-3H3;3*1-2H3. The van der Waals surface area contributed by atoms with Crippen molar-refractivity contribution in [3.05, 3.63) is 52.5 Å². The quantitative estimate of drug-likeness (QED) is 0.435. The summed E-state index contributed by atoms with van der Waals surface area (Å²) in [7, 11) is 0. The Morgan fingerprint density at radius 1 is 0.909 bits per heavy atom. The van der Waals surface area contributed by atoms with Gasteiger partial charge in [0.05, 0.1) is 0 Å². The summed E-state index contributed by atoms with van der Waals surface area (Å²) in [5.41, 5.74) is 7.52. The summed E-state index contributed by atoms with van der Waals surface area (Å²) in [5.74, 6) is 1.57. The average molecular weight is 302 g/mol. The molecule has 0 amide bonds. The molecule has 0 fully saturated rings. The zero-order chi connectivity index (χ0) is 17.3. The molecule has 3 aliphatic carbocycles. The summed E-state index contributed by atoms with van der Waals surface area (Å²) in [5, 5.41) is 0. The lowest BCUT2D eigenvalue weighted by molar-refractivity contribution is 0.391. The van der Waals surface area contributed by atoms with Crippen LogP contribution in [0.15, 0.2) is 46.1 Å². The molecule has 2 unspecified atom stereocenters. The van der Waals surface area contributed by atoms with E-state index in [1.54, 1.807) is 11.1 Å². The summed E-state index contributed by atoms with van der Waals surface area (Å²) in [6.07, 6.45) is 12.0. The molecule has 22 heavy (non-hydrogen) atoms. The van der Waals surface area contributed by atoms with Crippen molar-refractivity contribution < 1.29 is 0 Å². The van der Waals surface area contributed by atoms with Gasteiger partial charge in [-0.1, -0.05) is 79.2 Å². The third-order valence-corrected chi connectivity index (χ3v) is 4.37. The van der Waals surface area contributed by atoms with E-state index in [0.717, 1.165) is 11.8 Å². The largest absolute Gasteiger partial charge is 0.0683 e. The van der Waals surface area contributed by atoms with E-state index in [1.165, 1.54) is 29.6 Å². The molecule has 0 heteroatoms. The Kier molecular flexibility index (Phi) is 10.1. The predicted octanol–water partition coefficient (Wildman–Crippen LogP) is 7.46. The minimum Gasteiger partial charge on any atom is -0.0683 e. The van der Waals surface area contributed by atoms with E-state index in [-0.39, 0.29) is 0 Å². The molecule has 0 aromatic rings. The minimum absolute atomic E-state index is 0.732. The summed E-state index contributed by atoms with van der Waals surface area (Å²) < 4.78 is 0. The maximum atomic E-state index is 2.42. The van der Waals surface area contributed by atoms with E-state index in [1.807, 2.05) is 41.5 Å². The summed E-state index contributed by atoms with van der Waals surface area (Å²) in [6.45, 7) is 18.9. The highest BCUT2D eigenvalue weighted by Gasteiger charge is 2.27. The van der Waals surface area contributed by atoms with E-state index in [0.29, 0.717) is 0 Å².